The van der Waals surface area contributed by atoms with Crippen LogP contribution in [0.25, 0.3) is 10.9 Å². The number of aromatic amines is 1. The first-order valence-electron chi connectivity index (χ1n) is 2.94. The van der Waals surface area contributed by atoms with E-state index in [4.69, 9.17) is 0 Å². The highest BCUT2D eigenvalue weighted by molar-refractivity contribution is 14.1. The maximum absolute atomic E-state index is 3.99. The van der Waals surface area contributed by atoms with Gasteiger partial charge in [-0.05, 0) is 34.7 Å². The van der Waals surface area contributed by atoms with Gasteiger partial charge in [0, 0.05) is 11.6 Å². The van der Waals surface area contributed by atoms with Gasteiger partial charge in [-0.1, -0.05) is 0 Å². The smallest absolute Gasteiger partial charge is 0.0783 e. The molecular weight excluding hydrogens is 239 g/mol. The number of fused-ring (bicyclic) bond motifs is 1. The summed E-state index contributed by atoms with van der Waals surface area (Å²) >= 11 is 2.25. The highest BCUT2D eigenvalue weighted by Crippen LogP contribution is 2.13. The van der Waals surface area contributed by atoms with E-state index in [-0.39, 0.29) is 0 Å². The molecule has 2 nitrogen and oxygen atoms in total. The Hall–Kier alpha value is -0.580. The van der Waals surface area contributed by atoms with Crippen LogP contribution in [0.15, 0.2) is 24.5 Å². The topological polar surface area (TPSA) is 28.7 Å². The van der Waals surface area contributed by atoms with E-state index in [2.05, 4.69) is 38.6 Å². The number of halogens is 1. The minimum atomic E-state index is 1.10. The lowest BCUT2D eigenvalue weighted by Gasteiger charge is -1.82. The fourth-order valence-electron chi connectivity index (χ4n) is 0.937. The lowest BCUT2D eigenvalue weighted by molar-refractivity contribution is 1.33. The zero-order valence-corrected chi connectivity index (χ0v) is 7.29. The molecule has 3 heteroatoms. The minimum absolute atomic E-state index is 1.10. The standard InChI is InChI=1S/C7H5IN2/c8-7-3-5-1-2-9-4-6(5)10-7/h1-4,10H. The van der Waals surface area contributed by atoms with Crippen LogP contribution in [0.2, 0.25) is 0 Å². The summed E-state index contributed by atoms with van der Waals surface area (Å²) in [5, 5.41) is 1.22. The average molecular weight is 244 g/mol. The Morgan fingerprint density at radius 3 is 3.20 bits per heavy atom. The third kappa shape index (κ3) is 0.901. The van der Waals surface area contributed by atoms with Crippen molar-refractivity contribution in [2.24, 2.45) is 0 Å². The quantitative estimate of drug-likeness (QED) is 0.707. The molecule has 10 heavy (non-hydrogen) atoms. The number of hydrogen-bond donors (Lipinski definition) is 1. The second kappa shape index (κ2) is 2.23. The van der Waals surface area contributed by atoms with Crippen LogP contribution < -0.4 is 0 Å². The van der Waals surface area contributed by atoms with Gasteiger partial charge in [0.1, 0.15) is 0 Å². The van der Waals surface area contributed by atoms with E-state index in [9.17, 15) is 0 Å². The molecule has 0 aliphatic rings. The third-order valence-electron chi connectivity index (χ3n) is 1.39. The lowest BCUT2D eigenvalue weighted by Crippen LogP contribution is -1.69. The van der Waals surface area contributed by atoms with Crippen molar-refractivity contribution >= 4 is 33.5 Å². The van der Waals surface area contributed by atoms with Crippen molar-refractivity contribution in [2.45, 2.75) is 0 Å². The maximum atomic E-state index is 3.99. The van der Waals surface area contributed by atoms with Crippen LogP contribution >= 0.6 is 22.6 Å². The molecule has 0 radical (unpaired) electrons. The summed E-state index contributed by atoms with van der Waals surface area (Å²) < 4.78 is 1.15. The average Bonchev–Trinajstić information content (AvgIpc) is 2.27. The van der Waals surface area contributed by atoms with Gasteiger partial charge in [0.25, 0.3) is 0 Å². The predicted molar refractivity (Wildman–Crippen MR) is 48.8 cm³/mol. The Balaban J connectivity index is 2.88. The van der Waals surface area contributed by atoms with Gasteiger partial charge in [-0.3, -0.25) is 4.98 Å². The Labute approximate surface area is 71.8 Å². The first-order valence-corrected chi connectivity index (χ1v) is 4.02. The minimum Gasteiger partial charge on any atom is -0.349 e. The van der Waals surface area contributed by atoms with Gasteiger partial charge >= 0.3 is 0 Å². The fraction of sp³-hybridized carbons (Fsp3) is 0. The highest BCUT2D eigenvalue weighted by atomic mass is 127. The largest absolute Gasteiger partial charge is 0.349 e. The van der Waals surface area contributed by atoms with Crippen LogP contribution in [0.3, 0.4) is 0 Å². The molecule has 2 rings (SSSR count). The Kier molecular flexibility index (Phi) is 1.37. The molecule has 0 atom stereocenters. The molecule has 0 aromatic carbocycles. The number of nitrogens with one attached hydrogen (secondary N) is 1. The second-order valence-corrected chi connectivity index (χ2v) is 3.24. The zero-order valence-electron chi connectivity index (χ0n) is 5.13. The summed E-state index contributed by atoms with van der Waals surface area (Å²) in [6.45, 7) is 0. The molecule has 0 saturated heterocycles. The molecule has 0 saturated carbocycles. The van der Waals surface area contributed by atoms with E-state index >= 15 is 0 Å². The Morgan fingerprint density at radius 1 is 1.50 bits per heavy atom. The van der Waals surface area contributed by atoms with Gasteiger partial charge in [-0.15, -0.1) is 0 Å². The number of H-pyrrole nitrogens is 1. The number of hydrogen-bond acceptors (Lipinski definition) is 1. The van der Waals surface area contributed by atoms with Gasteiger partial charge in [-0.25, -0.2) is 0 Å². The first-order chi connectivity index (χ1) is 4.86. The van der Waals surface area contributed by atoms with Crippen molar-refractivity contribution in [3.63, 3.8) is 0 Å². The molecule has 0 amide bonds. The van der Waals surface area contributed by atoms with E-state index in [1.54, 1.807) is 6.20 Å². The van der Waals surface area contributed by atoms with E-state index in [1.807, 2.05) is 12.3 Å². The Bertz CT molecular complexity index is 320. The SMILES string of the molecule is Ic1cc2ccncc2[nH]1. The van der Waals surface area contributed by atoms with Gasteiger partial charge in [0.15, 0.2) is 0 Å². The molecule has 0 aliphatic carbocycles. The summed E-state index contributed by atoms with van der Waals surface area (Å²) in [4.78, 5) is 7.17. The molecule has 2 heterocycles. The molecular formula is C7H5IN2. The van der Waals surface area contributed by atoms with Gasteiger partial charge in [0.05, 0.1) is 15.4 Å². The Morgan fingerprint density at radius 2 is 2.40 bits per heavy atom. The zero-order chi connectivity index (χ0) is 6.97. The molecule has 2 aromatic heterocycles. The molecule has 0 fully saturated rings. The summed E-state index contributed by atoms with van der Waals surface area (Å²) in [6, 6.07) is 4.09. The van der Waals surface area contributed by atoms with Crippen molar-refractivity contribution in [1.82, 2.24) is 9.97 Å². The molecule has 0 aliphatic heterocycles. The van der Waals surface area contributed by atoms with Crippen molar-refractivity contribution in [3.05, 3.63) is 28.2 Å². The number of aromatic nitrogens is 2. The monoisotopic (exact) mass is 244 g/mol. The molecule has 2 aromatic rings. The second-order valence-electron chi connectivity index (χ2n) is 2.08. The molecule has 0 bridgehead atoms. The van der Waals surface area contributed by atoms with Crippen LogP contribution in [-0.2, 0) is 0 Å². The molecule has 50 valence electrons. The molecule has 0 spiro atoms. The highest BCUT2D eigenvalue weighted by Gasteiger charge is 1.94. The summed E-state index contributed by atoms with van der Waals surface area (Å²) in [5.74, 6) is 0. The van der Waals surface area contributed by atoms with Crippen LogP contribution in [0.1, 0.15) is 0 Å². The normalized spacial score (nSPS) is 10.5. The third-order valence-corrected chi connectivity index (χ3v) is 1.97. The van der Waals surface area contributed by atoms with Crippen molar-refractivity contribution in [3.8, 4) is 0 Å². The molecule has 0 unspecified atom stereocenters. The summed E-state index contributed by atoms with van der Waals surface area (Å²) in [5.41, 5.74) is 1.10. The van der Waals surface area contributed by atoms with E-state index < -0.39 is 0 Å². The van der Waals surface area contributed by atoms with Crippen LogP contribution in [0.4, 0.5) is 0 Å². The predicted octanol–water partition coefficient (Wildman–Crippen LogP) is 2.17. The van der Waals surface area contributed by atoms with Crippen molar-refractivity contribution < 1.29 is 0 Å². The summed E-state index contributed by atoms with van der Waals surface area (Å²) in [7, 11) is 0. The van der Waals surface area contributed by atoms with Crippen molar-refractivity contribution in [1.29, 1.82) is 0 Å². The van der Waals surface area contributed by atoms with Crippen LogP contribution in [0, 0.1) is 3.70 Å². The number of nitrogens with zero attached hydrogens (tertiary/aromatic N) is 1. The van der Waals surface area contributed by atoms with E-state index in [0.717, 1.165) is 9.22 Å². The van der Waals surface area contributed by atoms with Crippen molar-refractivity contribution in [2.75, 3.05) is 0 Å². The fourth-order valence-corrected chi connectivity index (χ4v) is 1.56. The van der Waals surface area contributed by atoms with E-state index in [0.29, 0.717) is 0 Å². The maximum Gasteiger partial charge on any atom is 0.0783 e. The van der Waals surface area contributed by atoms with Crippen LogP contribution in [0.5, 0.6) is 0 Å². The number of pyridine rings is 1. The molecule has 1 N–H and O–H groups in total. The first kappa shape index (κ1) is 6.15. The van der Waals surface area contributed by atoms with E-state index in [1.165, 1.54) is 5.39 Å². The lowest BCUT2D eigenvalue weighted by atomic mass is 10.3. The van der Waals surface area contributed by atoms with Gasteiger partial charge in [-0.2, -0.15) is 0 Å². The summed E-state index contributed by atoms with van der Waals surface area (Å²) in [6.07, 6.45) is 3.63. The number of rotatable bonds is 0. The van der Waals surface area contributed by atoms with Crippen LogP contribution in [-0.4, -0.2) is 9.97 Å². The van der Waals surface area contributed by atoms with Gasteiger partial charge in [0.2, 0.25) is 0 Å². The van der Waals surface area contributed by atoms with Gasteiger partial charge < -0.3 is 4.98 Å².